The molecule has 3 rings (SSSR count). The summed E-state index contributed by atoms with van der Waals surface area (Å²) in [5.41, 5.74) is 4.24. The monoisotopic (exact) mass is 451 g/mol. The Labute approximate surface area is 190 Å². The van der Waals surface area contributed by atoms with Crippen molar-refractivity contribution in [3.8, 4) is 10.4 Å². The Morgan fingerprint density at radius 3 is 2.45 bits per heavy atom. The zero-order chi connectivity index (χ0) is 22.1. The highest BCUT2D eigenvalue weighted by molar-refractivity contribution is 7.43. The fraction of sp³-hybridized carbons (Fsp3) is 0.269. The molecule has 0 aliphatic heterocycles. The van der Waals surface area contributed by atoms with E-state index in [0.29, 0.717) is 6.16 Å². The van der Waals surface area contributed by atoms with Gasteiger partial charge in [0.25, 0.3) is 0 Å². The second kappa shape index (κ2) is 11.8. The van der Waals surface area contributed by atoms with Crippen molar-refractivity contribution in [3.63, 3.8) is 0 Å². The van der Waals surface area contributed by atoms with E-state index < -0.39 is 7.80 Å². The molecule has 0 aliphatic carbocycles. The molecule has 0 radical (unpaired) electrons. The van der Waals surface area contributed by atoms with Gasteiger partial charge < -0.3 is 9.88 Å². The lowest BCUT2D eigenvalue weighted by atomic mass is 10.1. The average molecular weight is 452 g/mol. The van der Waals surface area contributed by atoms with E-state index in [-0.39, 0.29) is 5.91 Å². The Morgan fingerprint density at radius 2 is 1.74 bits per heavy atom. The van der Waals surface area contributed by atoms with E-state index in [1.54, 1.807) is 17.4 Å². The third-order valence-electron chi connectivity index (χ3n) is 5.04. The highest BCUT2D eigenvalue weighted by atomic mass is 32.1. The molecule has 1 aromatic heterocycles. The smallest absolute Gasteiger partial charge is 0.248 e. The van der Waals surface area contributed by atoms with Crippen LogP contribution < -0.4 is 5.32 Å². The Balaban J connectivity index is 1.51. The predicted molar refractivity (Wildman–Crippen MR) is 136 cm³/mol. The van der Waals surface area contributed by atoms with E-state index in [2.05, 4.69) is 49.5 Å². The number of rotatable bonds is 10. The molecule has 162 valence electrons. The number of anilines is 1. The van der Waals surface area contributed by atoms with Gasteiger partial charge in [-0.15, -0.1) is 11.3 Å². The van der Waals surface area contributed by atoms with Gasteiger partial charge in [-0.25, -0.2) is 0 Å². The topological polar surface area (TPSA) is 46.2 Å². The highest BCUT2D eigenvalue weighted by Gasteiger charge is 2.04. The molecule has 1 atom stereocenters. The number of hydrogen-bond acceptors (Lipinski definition) is 3. The van der Waals surface area contributed by atoms with Gasteiger partial charge in [-0.2, -0.15) is 0 Å². The molecule has 31 heavy (non-hydrogen) atoms. The first kappa shape index (κ1) is 23.2. The summed E-state index contributed by atoms with van der Waals surface area (Å²) in [6.45, 7) is 4.23. The number of thiophene rings is 1. The maximum atomic E-state index is 12.3. The number of nitrogens with one attached hydrogen (secondary N) is 1. The molecule has 2 aromatic carbocycles. The van der Waals surface area contributed by atoms with Gasteiger partial charge in [-0.1, -0.05) is 61.7 Å². The first-order chi connectivity index (χ1) is 15.0. The van der Waals surface area contributed by atoms with Crippen LogP contribution in [0.3, 0.4) is 0 Å². The third kappa shape index (κ3) is 7.65. The van der Waals surface area contributed by atoms with Crippen LogP contribution in [0.4, 0.5) is 5.69 Å². The zero-order valence-electron chi connectivity index (χ0n) is 18.2. The standard InChI is InChI=1S/C26H30NO2PS/c1-3-4-5-18-30(29)19-21-8-12-23(13-9-21)27-26(28)17-15-24-14-16-25(31-24)22-10-6-20(2)7-11-22/h6-17,30H,3-5,18-19H2,1-2H3,(H,27,28)/b17-15+. The number of carbonyl (C=O) groups is 1. The molecule has 0 aliphatic rings. The average Bonchev–Trinajstić information content (AvgIpc) is 3.23. The van der Waals surface area contributed by atoms with Crippen molar-refractivity contribution in [2.75, 3.05) is 11.5 Å². The van der Waals surface area contributed by atoms with Gasteiger partial charge in [-0.3, -0.25) is 4.79 Å². The van der Waals surface area contributed by atoms with Crippen LogP contribution in [0, 0.1) is 6.92 Å². The van der Waals surface area contributed by atoms with Gasteiger partial charge in [0.05, 0.1) is 7.80 Å². The normalized spacial score (nSPS) is 12.2. The quantitative estimate of drug-likeness (QED) is 0.196. The Bertz CT molecular complexity index is 1040. The minimum Gasteiger partial charge on any atom is -0.326 e. The van der Waals surface area contributed by atoms with Crippen LogP contribution in [0.15, 0.2) is 66.7 Å². The van der Waals surface area contributed by atoms with Crippen molar-refractivity contribution in [1.82, 2.24) is 0 Å². The van der Waals surface area contributed by atoms with Crippen molar-refractivity contribution in [2.24, 2.45) is 0 Å². The predicted octanol–water partition coefficient (Wildman–Crippen LogP) is 7.63. The number of carbonyl (C=O) groups excluding carboxylic acids is 1. The van der Waals surface area contributed by atoms with Crippen LogP contribution in [-0.2, 0) is 15.5 Å². The molecule has 1 amide bonds. The van der Waals surface area contributed by atoms with E-state index in [1.165, 1.54) is 16.0 Å². The molecule has 0 bridgehead atoms. The minimum absolute atomic E-state index is 0.161. The van der Waals surface area contributed by atoms with Crippen molar-refractivity contribution < 1.29 is 9.36 Å². The van der Waals surface area contributed by atoms with Crippen LogP contribution in [-0.4, -0.2) is 12.1 Å². The molecule has 3 nitrogen and oxygen atoms in total. The second-order valence-electron chi connectivity index (χ2n) is 7.76. The Hall–Kier alpha value is -2.42. The van der Waals surface area contributed by atoms with E-state index >= 15 is 0 Å². The molecule has 1 heterocycles. The summed E-state index contributed by atoms with van der Waals surface area (Å²) >= 11 is 1.66. The largest absolute Gasteiger partial charge is 0.326 e. The molecule has 1 unspecified atom stereocenters. The van der Waals surface area contributed by atoms with Crippen LogP contribution in [0.5, 0.6) is 0 Å². The summed E-state index contributed by atoms with van der Waals surface area (Å²) in [5, 5.41) is 2.89. The molecular weight excluding hydrogens is 421 g/mol. The van der Waals surface area contributed by atoms with Crippen LogP contribution in [0.1, 0.15) is 42.2 Å². The van der Waals surface area contributed by atoms with E-state index in [4.69, 9.17) is 0 Å². The minimum atomic E-state index is -1.56. The summed E-state index contributed by atoms with van der Waals surface area (Å²) in [7, 11) is -1.56. The number of hydrogen-bond donors (Lipinski definition) is 1. The Morgan fingerprint density at radius 1 is 1.00 bits per heavy atom. The van der Waals surface area contributed by atoms with Gasteiger partial charge >= 0.3 is 0 Å². The van der Waals surface area contributed by atoms with Crippen molar-refractivity contribution in [1.29, 1.82) is 0 Å². The van der Waals surface area contributed by atoms with E-state index in [0.717, 1.165) is 41.6 Å². The van der Waals surface area contributed by atoms with Crippen LogP contribution in [0.2, 0.25) is 0 Å². The lowest BCUT2D eigenvalue weighted by molar-refractivity contribution is -0.111. The van der Waals surface area contributed by atoms with Gasteiger partial charge in [0, 0.05) is 27.7 Å². The number of unbranched alkanes of at least 4 members (excludes halogenated alkanes) is 2. The summed E-state index contributed by atoms with van der Waals surface area (Å²) in [6.07, 6.45) is 8.22. The van der Waals surface area contributed by atoms with E-state index in [9.17, 15) is 9.36 Å². The summed E-state index contributed by atoms with van der Waals surface area (Å²) < 4.78 is 12.2. The zero-order valence-corrected chi connectivity index (χ0v) is 20.0. The van der Waals surface area contributed by atoms with Crippen molar-refractivity contribution in [2.45, 2.75) is 39.3 Å². The third-order valence-corrected chi connectivity index (χ3v) is 7.86. The summed E-state index contributed by atoms with van der Waals surface area (Å²) in [4.78, 5) is 14.5. The van der Waals surface area contributed by atoms with Crippen molar-refractivity contribution in [3.05, 3.63) is 82.7 Å². The van der Waals surface area contributed by atoms with Gasteiger partial charge in [0.1, 0.15) is 0 Å². The molecule has 0 saturated carbocycles. The molecule has 5 heteroatoms. The van der Waals surface area contributed by atoms with Crippen molar-refractivity contribution >= 4 is 36.8 Å². The Kier molecular flexibility index (Phi) is 8.87. The molecule has 0 saturated heterocycles. The number of amides is 1. The maximum Gasteiger partial charge on any atom is 0.248 e. The number of benzene rings is 2. The summed E-state index contributed by atoms with van der Waals surface area (Å²) in [6, 6.07) is 20.2. The highest BCUT2D eigenvalue weighted by Crippen LogP contribution is 2.30. The molecule has 0 fully saturated rings. The lowest BCUT2D eigenvalue weighted by Gasteiger charge is -2.05. The lowest BCUT2D eigenvalue weighted by Crippen LogP contribution is -2.07. The molecule has 3 aromatic rings. The van der Waals surface area contributed by atoms with Crippen LogP contribution >= 0.6 is 19.1 Å². The molecular formula is C26H30NO2PS. The SMILES string of the molecule is CCCCC[PH](=O)Cc1ccc(NC(=O)/C=C/c2ccc(-c3ccc(C)cc3)s2)cc1. The van der Waals surface area contributed by atoms with Crippen LogP contribution in [0.25, 0.3) is 16.5 Å². The fourth-order valence-corrected chi connectivity index (χ4v) is 5.68. The maximum absolute atomic E-state index is 12.3. The fourth-order valence-electron chi connectivity index (χ4n) is 3.25. The van der Waals surface area contributed by atoms with E-state index in [1.807, 2.05) is 36.4 Å². The number of aryl methyl sites for hydroxylation is 1. The van der Waals surface area contributed by atoms with Gasteiger partial charge in [0.15, 0.2) is 0 Å². The molecule has 1 N–H and O–H groups in total. The first-order valence-corrected chi connectivity index (χ1v) is 13.4. The first-order valence-electron chi connectivity index (χ1n) is 10.8. The summed E-state index contributed by atoms with van der Waals surface area (Å²) in [5.74, 6) is -0.161. The van der Waals surface area contributed by atoms with Gasteiger partial charge in [-0.05, 0) is 61.0 Å². The molecule has 0 spiro atoms. The second-order valence-corrected chi connectivity index (χ2v) is 10.8. The van der Waals surface area contributed by atoms with Gasteiger partial charge in [0.2, 0.25) is 5.91 Å².